The van der Waals surface area contributed by atoms with Gasteiger partial charge >= 0.3 is 0 Å². The molecule has 88 valence electrons. The van der Waals surface area contributed by atoms with Crippen molar-refractivity contribution in [1.29, 1.82) is 0 Å². The molecule has 1 heterocycles. The van der Waals surface area contributed by atoms with E-state index in [-0.39, 0.29) is 10.1 Å². The molecule has 4 nitrogen and oxygen atoms in total. The number of halogens is 1. The lowest BCUT2D eigenvalue weighted by atomic mass is 10.3. The van der Waals surface area contributed by atoms with Gasteiger partial charge in [-0.1, -0.05) is 15.9 Å². The van der Waals surface area contributed by atoms with E-state index >= 15 is 0 Å². The van der Waals surface area contributed by atoms with E-state index in [4.69, 9.17) is 4.74 Å². The van der Waals surface area contributed by atoms with Gasteiger partial charge in [-0.3, -0.25) is 0 Å². The number of benzene rings is 1. The molecule has 1 fully saturated rings. The zero-order chi connectivity index (χ0) is 11.8. The average molecular weight is 306 g/mol. The fraction of sp³-hybridized carbons (Fsp3) is 0.400. The van der Waals surface area contributed by atoms with Crippen LogP contribution in [0, 0.1) is 0 Å². The Morgan fingerprint density at radius 2 is 2.12 bits per heavy atom. The average Bonchev–Trinajstić information content (AvgIpc) is 2.14. The predicted octanol–water partition coefficient (Wildman–Crippen LogP) is 1.20. The molecular formula is C10H12BrNO3S. The van der Waals surface area contributed by atoms with Crippen LogP contribution in [0.25, 0.3) is 0 Å². The van der Waals surface area contributed by atoms with Crippen molar-refractivity contribution in [2.75, 3.05) is 20.2 Å². The Morgan fingerprint density at radius 3 is 2.62 bits per heavy atom. The van der Waals surface area contributed by atoms with Crippen LogP contribution in [0.15, 0.2) is 27.6 Å². The maximum atomic E-state index is 12.2. The third-order valence-electron chi connectivity index (χ3n) is 2.62. The Kier molecular flexibility index (Phi) is 3.23. The van der Waals surface area contributed by atoms with E-state index in [9.17, 15) is 8.42 Å². The van der Waals surface area contributed by atoms with Gasteiger partial charge in [-0.25, -0.2) is 8.42 Å². The summed E-state index contributed by atoms with van der Waals surface area (Å²) in [6.45, 7) is 1.02. The Balaban J connectivity index is 2.49. The van der Waals surface area contributed by atoms with Gasteiger partial charge in [0.1, 0.15) is 10.6 Å². The van der Waals surface area contributed by atoms with Crippen molar-refractivity contribution in [2.24, 2.45) is 0 Å². The zero-order valence-electron chi connectivity index (χ0n) is 8.73. The minimum atomic E-state index is -3.28. The van der Waals surface area contributed by atoms with Crippen LogP contribution in [0.3, 0.4) is 0 Å². The number of methoxy groups -OCH3 is 1. The molecule has 0 atom stereocenters. The fourth-order valence-corrected chi connectivity index (χ4v) is 3.80. The lowest BCUT2D eigenvalue weighted by molar-refractivity contribution is 0.401. The minimum Gasteiger partial charge on any atom is -0.495 e. The molecule has 0 spiro atoms. The molecule has 6 heteroatoms. The van der Waals surface area contributed by atoms with Gasteiger partial charge in [-0.05, 0) is 18.2 Å². The van der Waals surface area contributed by atoms with Crippen LogP contribution in [0.4, 0.5) is 0 Å². The molecule has 1 aliphatic rings. The summed E-state index contributed by atoms with van der Waals surface area (Å²) < 4.78 is 30.2. The minimum absolute atomic E-state index is 0.260. The van der Waals surface area contributed by atoms with E-state index in [1.807, 2.05) is 0 Å². The molecule has 1 aliphatic heterocycles. The molecule has 1 aromatic rings. The Hall–Kier alpha value is -0.590. The van der Waals surface area contributed by atoms with Gasteiger partial charge in [0.25, 0.3) is 0 Å². The van der Waals surface area contributed by atoms with Gasteiger partial charge in [0, 0.05) is 17.6 Å². The van der Waals surface area contributed by atoms with Gasteiger partial charge in [-0.15, -0.1) is 0 Å². The van der Waals surface area contributed by atoms with Crippen LogP contribution >= 0.6 is 15.9 Å². The first kappa shape index (κ1) is 11.9. The Morgan fingerprint density at radius 1 is 1.44 bits per heavy atom. The van der Waals surface area contributed by atoms with E-state index in [0.29, 0.717) is 18.8 Å². The van der Waals surface area contributed by atoms with Crippen LogP contribution in [-0.2, 0) is 9.84 Å². The number of hydrogen-bond donors (Lipinski definition) is 1. The quantitative estimate of drug-likeness (QED) is 0.912. The molecule has 16 heavy (non-hydrogen) atoms. The fourth-order valence-electron chi connectivity index (χ4n) is 1.53. The second-order valence-electron chi connectivity index (χ2n) is 3.62. The van der Waals surface area contributed by atoms with E-state index in [0.717, 1.165) is 4.47 Å². The standard InChI is InChI=1S/C10H12BrNO3S/c1-15-9-3-2-7(11)4-10(9)16(13,14)8-5-12-6-8/h2-4,8,12H,5-6H2,1H3. The van der Waals surface area contributed by atoms with Crippen LogP contribution in [0.2, 0.25) is 0 Å². The summed E-state index contributed by atoms with van der Waals surface area (Å²) in [4.78, 5) is 0.260. The zero-order valence-corrected chi connectivity index (χ0v) is 11.1. The molecule has 1 aromatic carbocycles. The Bertz CT molecular complexity index is 497. The summed E-state index contributed by atoms with van der Waals surface area (Å²) in [5, 5.41) is 2.62. The van der Waals surface area contributed by atoms with Gasteiger partial charge in [0.15, 0.2) is 9.84 Å². The van der Waals surface area contributed by atoms with E-state index in [1.165, 1.54) is 7.11 Å². The number of hydrogen-bond acceptors (Lipinski definition) is 4. The van der Waals surface area contributed by atoms with Crippen molar-refractivity contribution in [3.05, 3.63) is 22.7 Å². The maximum Gasteiger partial charge on any atom is 0.187 e. The van der Waals surface area contributed by atoms with Gasteiger partial charge in [0.05, 0.1) is 12.4 Å². The van der Waals surface area contributed by atoms with E-state index in [2.05, 4.69) is 21.2 Å². The lowest BCUT2D eigenvalue weighted by Gasteiger charge is -2.27. The molecule has 0 radical (unpaired) electrons. The third-order valence-corrected chi connectivity index (χ3v) is 5.25. The van der Waals surface area contributed by atoms with Gasteiger partial charge in [-0.2, -0.15) is 0 Å². The van der Waals surface area contributed by atoms with Crippen molar-refractivity contribution >= 4 is 25.8 Å². The summed E-state index contributed by atoms with van der Waals surface area (Å²) in [5.41, 5.74) is 0. The first-order chi connectivity index (χ1) is 7.55. The first-order valence-corrected chi connectivity index (χ1v) is 7.18. The van der Waals surface area contributed by atoms with Crippen LogP contribution < -0.4 is 10.1 Å². The summed E-state index contributed by atoms with van der Waals surface area (Å²) in [6.07, 6.45) is 0. The number of sulfone groups is 1. The largest absolute Gasteiger partial charge is 0.495 e. The summed E-state index contributed by atoms with van der Waals surface area (Å²) in [5.74, 6) is 0.398. The van der Waals surface area contributed by atoms with E-state index in [1.54, 1.807) is 18.2 Å². The third kappa shape index (κ3) is 1.97. The molecule has 2 rings (SSSR count). The molecule has 1 saturated heterocycles. The van der Waals surface area contributed by atoms with Crippen molar-refractivity contribution < 1.29 is 13.2 Å². The molecule has 0 unspecified atom stereocenters. The molecule has 0 amide bonds. The summed E-state index contributed by atoms with van der Waals surface area (Å²) in [6, 6.07) is 5.01. The van der Waals surface area contributed by atoms with Crippen molar-refractivity contribution in [1.82, 2.24) is 5.32 Å². The van der Waals surface area contributed by atoms with Crippen LogP contribution in [0.1, 0.15) is 0 Å². The SMILES string of the molecule is COc1ccc(Br)cc1S(=O)(=O)C1CNC1. The van der Waals surface area contributed by atoms with Crippen molar-refractivity contribution in [3.63, 3.8) is 0 Å². The first-order valence-electron chi connectivity index (χ1n) is 4.84. The summed E-state index contributed by atoms with van der Waals surface area (Å²) >= 11 is 3.27. The second kappa shape index (κ2) is 4.35. The van der Waals surface area contributed by atoms with Crippen molar-refractivity contribution in [2.45, 2.75) is 10.1 Å². The highest BCUT2D eigenvalue weighted by Gasteiger charge is 2.34. The topological polar surface area (TPSA) is 55.4 Å². The highest BCUT2D eigenvalue weighted by atomic mass is 79.9. The van der Waals surface area contributed by atoms with E-state index < -0.39 is 9.84 Å². The second-order valence-corrected chi connectivity index (χ2v) is 6.73. The predicted molar refractivity (Wildman–Crippen MR) is 64.5 cm³/mol. The molecule has 0 saturated carbocycles. The smallest absolute Gasteiger partial charge is 0.187 e. The monoisotopic (exact) mass is 305 g/mol. The highest BCUT2D eigenvalue weighted by Crippen LogP contribution is 2.30. The molecule has 1 N–H and O–H groups in total. The van der Waals surface area contributed by atoms with Crippen molar-refractivity contribution in [3.8, 4) is 5.75 Å². The lowest BCUT2D eigenvalue weighted by Crippen LogP contribution is -2.51. The normalized spacial score (nSPS) is 16.9. The highest BCUT2D eigenvalue weighted by molar-refractivity contribution is 9.10. The number of ether oxygens (including phenoxy) is 1. The number of nitrogens with one attached hydrogen (secondary N) is 1. The Labute approximate surface area is 103 Å². The van der Waals surface area contributed by atoms with Gasteiger partial charge in [0.2, 0.25) is 0 Å². The van der Waals surface area contributed by atoms with Crippen LogP contribution in [-0.4, -0.2) is 33.9 Å². The maximum absolute atomic E-state index is 12.2. The molecule has 0 bridgehead atoms. The molecular weight excluding hydrogens is 294 g/mol. The number of rotatable bonds is 3. The summed E-state index contributed by atoms with van der Waals surface area (Å²) in [7, 11) is -1.81. The molecule has 0 aromatic heterocycles. The van der Waals surface area contributed by atoms with Crippen LogP contribution in [0.5, 0.6) is 5.75 Å². The molecule has 0 aliphatic carbocycles. The van der Waals surface area contributed by atoms with Gasteiger partial charge < -0.3 is 10.1 Å².